The molecule has 146 valence electrons. The Morgan fingerprint density at radius 2 is 2.00 bits per heavy atom. The Morgan fingerprint density at radius 1 is 1.21 bits per heavy atom. The van der Waals surface area contributed by atoms with Gasteiger partial charge in [-0.2, -0.15) is 4.98 Å². The third-order valence-electron chi connectivity index (χ3n) is 4.44. The van der Waals surface area contributed by atoms with Crippen LogP contribution in [0.2, 0.25) is 0 Å². The normalized spacial score (nSPS) is 11.7. The van der Waals surface area contributed by atoms with Crippen LogP contribution < -0.4 is 14.8 Å². The maximum absolute atomic E-state index is 12.3. The number of nitrogens with zero attached hydrogens (tertiary/aromatic N) is 2. The van der Waals surface area contributed by atoms with Gasteiger partial charge in [0.25, 0.3) is 5.91 Å². The number of aromatic nitrogens is 2. The van der Waals surface area contributed by atoms with Crippen LogP contribution in [0.1, 0.15) is 23.9 Å². The van der Waals surface area contributed by atoms with Crippen molar-refractivity contribution in [2.24, 2.45) is 0 Å². The first-order chi connectivity index (χ1) is 13.5. The summed E-state index contributed by atoms with van der Waals surface area (Å²) >= 11 is 0. The minimum absolute atomic E-state index is 0.121. The van der Waals surface area contributed by atoms with E-state index in [1.165, 1.54) is 0 Å². The van der Waals surface area contributed by atoms with Crippen molar-refractivity contribution >= 4 is 5.91 Å². The van der Waals surface area contributed by atoms with Gasteiger partial charge in [-0.1, -0.05) is 29.4 Å². The van der Waals surface area contributed by atoms with Gasteiger partial charge in [0.05, 0.1) is 13.7 Å². The molecule has 0 spiro atoms. The van der Waals surface area contributed by atoms with Crippen LogP contribution in [0.15, 0.2) is 47.0 Å². The number of carbonyl (C=O) groups is 1. The summed E-state index contributed by atoms with van der Waals surface area (Å²) in [6.07, 6.45) is -0.652. The number of aryl methyl sites for hydroxylation is 1. The Kier molecular flexibility index (Phi) is 5.93. The molecule has 7 nitrogen and oxygen atoms in total. The van der Waals surface area contributed by atoms with Gasteiger partial charge < -0.3 is 19.3 Å². The van der Waals surface area contributed by atoms with Gasteiger partial charge in [0, 0.05) is 5.56 Å². The zero-order valence-electron chi connectivity index (χ0n) is 16.4. The number of carbonyl (C=O) groups excluding carboxylic acids is 1. The second-order valence-electron chi connectivity index (χ2n) is 6.42. The molecular weight excluding hydrogens is 358 g/mol. The predicted molar refractivity (Wildman–Crippen MR) is 104 cm³/mol. The molecule has 1 amide bonds. The molecule has 1 atom stereocenters. The third-order valence-corrected chi connectivity index (χ3v) is 4.44. The summed E-state index contributed by atoms with van der Waals surface area (Å²) in [5, 5.41) is 6.70. The van der Waals surface area contributed by atoms with Crippen molar-refractivity contribution in [3.8, 4) is 22.9 Å². The molecule has 0 aliphatic carbocycles. The van der Waals surface area contributed by atoms with Gasteiger partial charge in [0.15, 0.2) is 6.10 Å². The van der Waals surface area contributed by atoms with Gasteiger partial charge in [-0.3, -0.25) is 4.79 Å². The quantitative estimate of drug-likeness (QED) is 0.675. The first-order valence-corrected chi connectivity index (χ1v) is 8.95. The summed E-state index contributed by atoms with van der Waals surface area (Å²) < 4.78 is 16.2. The lowest BCUT2D eigenvalue weighted by molar-refractivity contribution is -0.127. The van der Waals surface area contributed by atoms with Crippen molar-refractivity contribution in [1.82, 2.24) is 15.5 Å². The summed E-state index contributed by atoms with van der Waals surface area (Å²) in [5.74, 6) is 1.88. The van der Waals surface area contributed by atoms with E-state index < -0.39 is 6.10 Å². The fourth-order valence-corrected chi connectivity index (χ4v) is 2.61. The highest BCUT2D eigenvalue weighted by Gasteiger charge is 2.17. The molecule has 0 unspecified atom stereocenters. The van der Waals surface area contributed by atoms with E-state index in [2.05, 4.69) is 15.5 Å². The van der Waals surface area contributed by atoms with Crippen molar-refractivity contribution in [2.75, 3.05) is 7.11 Å². The van der Waals surface area contributed by atoms with Crippen molar-refractivity contribution in [3.63, 3.8) is 0 Å². The first kappa shape index (κ1) is 19.4. The molecule has 28 heavy (non-hydrogen) atoms. The van der Waals surface area contributed by atoms with Crippen LogP contribution in [-0.2, 0) is 11.3 Å². The van der Waals surface area contributed by atoms with E-state index in [4.69, 9.17) is 14.0 Å². The van der Waals surface area contributed by atoms with Gasteiger partial charge in [-0.05, 0) is 50.1 Å². The van der Waals surface area contributed by atoms with E-state index in [0.29, 0.717) is 23.2 Å². The zero-order chi connectivity index (χ0) is 20.1. The van der Waals surface area contributed by atoms with E-state index in [1.807, 2.05) is 56.3 Å². The van der Waals surface area contributed by atoms with Gasteiger partial charge in [-0.15, -0.1) is 0 Å². The lowest BCUT2D eigenvalue weighted by Crippen LogP contribution is -2.36. The maximum atomic E-state index is 12.3. The molecule has 1 aromatic heterocycles. The summed E-state index contributed by atoms with van der Waals surface area (Å²) in [6, 6.07) is 13.1. The summed E-state index contributed by atoms with van der Waals surface area (Å²) in [5.41, 5.74) is 2.90. The molecular formula is C21H23N3O4. The summed E-state index contributed by atoms with van der Waals surface area (Å²) in [7, 11) is 1.60. The highest BCUT2D eigenvalue weighted by molar-refractivity contribution is 5.80. The summed E-state index contributed by atoms with van der Waals surface area (Å²) in [6.45, 7) is 5.79. The monoisotopic (exact) mass is 381 g/mol. The number of hydrogen-bond donors (Lipinski definition) is 1. The molecule has 0 radical (unpaired) electrons. The van der Waals surface area contributed by atoms with Crippen LogP contribution >= 0.6 is 0 Å². The smallest absolute Gasteiger partial charge is 0.261 e. The molecule has 1 N–H and O–H groups in total. The number of hydrogen-bond acceptors (Lipinski definition) is 6. The molecule has 0 aliphatic rings. The molecule has 0 aliphatic heterocycles. The number of nitrogens with one attached hydrogen (secondary N) is 1. The Balaban J connectivity index is 1.58. The number of amides is 1. The average molecular weight is 381 g/mol. The second kappa shape index (κ2) is 8.56. The van der Waals surface area contributed by atoms with Crippen LogP contribution in [0.4, 0.5) is 0 Å². The van der Waals surface area contributed by atoms with Crippen LogP contribution in [0.5, 0.6) is 11.5 Å². The van der Waals surface area contributed by atoms with E-state index in [-0.39, 0.29) is 12.5 Å². The molecule has 7 heteroatoms. The average Bonchev–Trinajstić information content (AvgIpc) is 3.18. The fraction of sp³-hybridized carbons (Fsp3) is 0.286. The first-order valence-electron chi connectivity index (χ1n) is 8.95. The van der Waals surface area contributed by atoms with E-state index in [1.54, 1.807) is 14.0 Å². The second-order valence-corrected chi connectivity index (χ2v) is 6.42. The van der Waals surface area contributed by atoms with Crippen LogP contribution in [0.25, 0.3) is 11.4 Å². The van der Waals surface area contributed by atoms with Gasteiger partial charge in [0.1, 0.15) is 11.5 Å². The highest BCUT2D eigenvalue weighted by Crippen LogP contribution is 2.22. The lowest BCUT2D eigenvalue weighted by atomic mass is 10.1. The van der Waals surface area contributed by atoms with Gasteiger partial charge in [-0.25, -0.2) is 0 Å². The Morgan fingerprint density at radius 3 is 2.79 bits per heavy atom. The fourth-order valence-electron chi connectivity index (χ4n) is 2.61. The number of rotatable bonds is 7. The SMILES string of the molecule is COc1cccc(-c2noc(CNC(=O)[C@@H](C)Oc3cccc(C)c3C)n2)c1. The lowest BCUT2D eigenvalue weighted by Gasteiger charge is -2.16. The number of benzene rings is 2. The van der Waals surface area contributed by atoms with Crippen molar-refractivity contribution < 1.29 is 18.8 Å². The van der Waals surface area contributed by atoms with Crippen molar-refractivity contribution in [2.45, 2.75) is 33.4 Å². The van der Waals surface area contributed by atoms with Crippen LogP contribution in [-0.4, -0.2) is 29.3 Å². The van der Waals surface area contributed by atoms with E-state index in [9.17, 15) is 4.79 Å². The highest BCUT2D eigenvalue weighted by atomic mass is 16.5. The van der Waals surface area contributed by atoms with E-state index >= 15 is 0 Å². The summed E-state index contributed by atoms with van der Waals surface area (Å²) in [4.78, 5) is 16.6. The molecule has 3 rings (SSSR count). The Labute approximate surface area is 163 Å². The Bertz CT molecular complexity index is 968. The van der Waals surface area contributed by atoms with Crippen LogP contribution in [0, 0.1) is 13.8 Å². The van der Waals surface area contributed by atoms with Gasteiger partial charge in [0.2, 0.25) is 11.7 Å². The standard InChI is InChI=1S/C21H23N3O4/c1-13-7-5-10-18(14(13)2)27-15(3)21(25)22-12-19-23-20(24-28-19)16-8-6-9-17(11-16)26-4/h5-11,15H,12H2,1-4H3,(H,22,25)/t15-/m1/s1. The predicted octanol–water partition coefficient (Wildman–Crippen LogP) is 3.45. The topological polar surface area (TPSA) is 86.5 Å². The third kappa shape index (κ3) is 4.49. The largest absolute Gasteiger partial charge is 0.497 e. The molecule has 0 saturated heterocycles. The molecule has 3 aromatic rings. The minimum Gasteiger partial charge on any atom is -0.497 e. The molecule has 0 bridgehead atoms. The number of ether oxygens (including phenoxy) is 2. The van der Waals surface area contributed by atoms with Gasteiger partial charge >= 0.3 is 0 Å². The maximum Gasteiger partial charge on any atom is 0.261 e. The minimum atomic E-state index is -0.652. The number of methoxy groups -OCH3 is 1. The van der Waals surface area contributed by atoms with Crippen LogP contribution in [0.3, 0.4) is 0 Å². The Hall–Kier alpha value is -3.35. The molecule has 2 aromatic carbocycles. The molecule has 0 saturated carbocycles. The van der Waals surface area contributed by atoms with E-state index in [0.717, 1.165) is 16.7 Å². The van der Waals surface area contributed by atoms with Crippen molar-refractivity contribution in [3.05, 3.63) is 59.5 Å². The van der Waals surface area contributed by atoms with Crippen molar-refractivity contribution in [1.29, 1.82) is 0 Å². The zero-order valence-corrected chi connectivity index (χ0v) is 16.4. The molecule has 1 heterocycles. The molecule has 0 fully saturated rings.